The molecule has 0 bridgehead atoms. The molecule has 0 fully saturated rings. The molecule has 0 aromatic heterocycles. The minimum absolute atomic E-state index is 0.363. The van der Waals surface area contributed by atoms with E-state index in [0.717, 1.165) is 17.8 Å². The zero-order valence-electron chi connectivity index (χ0n) is 9.98. The van der Waals surface area contributed by atoms with E-state index in [1.165, 1.54) is 27.9 Å². The minimum atomic E-state index is 0.363. The van der Waals surface area contributed by atoms with Gasteiger partial charge in [-0.2, -0.15) is 0 Å². The molecule has 4 N–H and O–H groups in total. The summed E-state index contributed by atoms with van der Waals surface area (Å²) < 4.78 is 0. The fraction of sp³-hybridized carbons (Fsp3) is 0.125. The molecule has 0 radical (unpaired) electrons. The van der Waals surface area contributed by atoms with E-state index in [4.69, 9.17) is 11.5 Å². The van der Waals surface area contributed by atoms with Crippen molar-refractivity contribution in [3.05, 3.63) is 81.8 Å². The van der Waals surface area contributed by atoms with Crippen LogP contribution in [0.1, 0.15) is 6.42 Å². The Balaban J connectivity index is 2.00. The van der Waals surface area contributed by atoms with Gasteiger partial charge in [-0.15, -0.1) is 0 Å². The largest absolute Gasteiger partial charge is 0.402 e. The van der Waals surface area contributed by atoms with Crippen molar-refractivity contribution in [1.29, 1.82) is 0 Å². The molecule has 0 aromatic rings. The van der Waals surface area contributed by atoms with Crippen molar-refractivity contribution in [2.75, 3.05) is 0 Å². The number of hydrogen-bond donors (Lipinski definition) is 2. The molecule has 2 heteroatoms. The molecule has 0 heterocycles. The highest BCUT2D eigenvalue weighted by Gasteiger charge is 2.33. The number of rotatable bonds is 0. The molecule has 0 spiro atoms. The smallest absolute Gasteiger partial charge is 0.0350 e. The summed E-state index contributed by atoms with van der Waals surface area (Å²) in [6.07, 6.45) is 15.8. The number of nitrogens with two attached hydrogens (primary N) is 2. The standard InChI is InChI=1S/C16H14N2/c17-13-5-9-1-2-10-6-14(18)8-12-4-3-11(7-13)15(9)16(10)12/h1-7,15H,8,17-18H2. The van der Waals surface area contributed by atoms with Crippen LogP contribution in [-0.4, -0.2) is 0 Å². The van der Waals surface area contributed by atoms with Crippen LogP contribution in [0.25, 0.3) is 0 Å². The molecule has 4 rings (SSSR count). The molecule has 0 saturated heterocycles. The van der Waals surface area contributed by atoms with E-state index in [-0.39, 0.29) is 0 Å². The molecule has 4 aliphatic rings. The molecule has 1 atom stereocenters. The predicted octanol–water partition coefficient (Wildman–Crippen LogP) is 2.36. The predicted molar refractivity (Wildman–Crippen MR) is 73.1 cm³/mol. The molecule has 18 heavy (non-hydrogen) atoms. The highest BCUT2D eigenvalue weighted by molar-refractivity contribution is 5.68. The van der Waals surface area contributed by atoms with Gasteiger partial charge in [-0.05, 0) is 46.1 Å². The zero-order valence-corrected chi connectivity index (χ0v) is 9.98. The van der Waals surface area contributed by atoms with Gasteiger partial charge < -0.3 is 11.5 Å². The number of hydrogen-bond acceptors (Lipinski definition) is 2. The van der Waals surface area contributed by atoms with Crippen LogP contribution in [0.15, 0.2) is 81.8 Å². The van der Waals surface area contributed by atoms with Crippen molar-refractivity contribution in [2.45, 2.75) is 6.42 Å². The lowest BCUT2D eigenvalue weighted by Gasteiger charge is -2.36. The first-order valence-electron chi connectivity index (χ1n) is 6.20. The van der Waals surface area contributed by atoms with Crippen molar-refractivity contribution in [2.24, 2.45) is 17.4 Å². The van der Waals surface area contributed by atoms with Crippen molar-refractivity contribution in [3.63, 3.8) is 0 Å². The lowest BCUT2D eigenvalue weighted by Crippen LogP contribution is -2.24. The van der Waals surface area contributed by atoms with Crippen LogP contribution in [0.5, 0.6) is 0 Å². The van der Waals surface area contributed by atoms with Gasteiger partial charge in [0.2, 0.25) is 0 Å². The summed E-state index contributed by atoms with van der Waals surface area (Å²) in [5.41, 5.74) is 20.3. The highest BCUT2D eigenvalue weighted by atomic mass is 14.6. The Bertz CT molecular complexity index is 676. The van der Waals surface area contributed by atoms with Crippen LogP contribution in [0.2, 0.25) is 0 Å². The van der Waals surface area contributed by atoms with Gasteiger partial charge in [0.15, 0.2) is 0 Å². The molecular weight excluding hydrogens is 220 g/mol. The minimum Gasteiger partial charge on any atom is -0.402 e. The van der Waals surface area contributed by atoms with E-state index < -0.39 is 0 Å². The number of allylic oxidation sites excluding steroid dienone is 12. The second kappa shape index (κ2) is 3.16. The molecule has 0 amide bonds. The van der Waals surface area contributed by atoms with E-state index >= 15 is 0 Å². The second-order valence-electron chi connectivity index (χ2n) is 5.18. The van der Waals surface area contributed by atoms with Crippen LogP contribution in [-0.2, 0) is 0 Å². The van der Waals surface area contributed by atoms with Crippen molar-refractivity contribution in [1.82, 2.24) is 0 Å². The van der Waals surface area contributed by atoms with Gasteiger partial charge in [0.1, 0.15) is 0 Å². The van der Waals surface area contributed by atoms with E-state index in [1.807, 2.05) is 0 Å². The van der Waals surface area contributed by atoms with Crippen LogP contribution >= 0.6 is 0 Å². The first-order chi connectivity index (χ1) is 8.72. The summed E-state index contributed by atoms with van der Waals surface area (Å²) >= 11 is 0. The molecule has 4 aliphatic carbocycles. The van der Waals surface area contributed by atoms with Gasteiger partial charge in [-0.3, -0.25) is 0 Å². The summed E-state index contributed by atoms with van der Waals surface area (Å²) in [6.45, 7) is 0. The Morgan fingerprint density at radius 2 is 1.83 bits per heavy atom. The van der Waals surface area contributed by atoms with Crippen molar-refractivity contribution < 1.29 is 0 Å². The van der Waals surface area contributed by atoms with Gasteiger partial charge in [0.05, 0.1) is 0 Å². The van der Waals surface area contributed by atoms with Crippen LogP contribution in [0.3, 0.4) is 0 Å². The molecule has 0 aliphatic heterocycles. The second-order valence-corrected chi connectivity index (χ2v) is 5.18. The zero-order chi connectivity index (χ0) is 12.3. The monoisotopic (exact) mass is 234 g/mol. The Morgan fingerprint density at radius 3 is 2.72 bits per heavy atom. The third-order valence-corrected chi connectivity index (χ3v) is 3.95. The fourth-order valence-electron chi connectivity index (χ4n) is 3.26. The third kappa shape index (κ3) is 1.17. The molecule has 88 valence electrons. The van der Waals surface area contributed by atoms with E-state index in [2.05, 4.69) is 42.5 Å². The maximum absolute atomic E-state index is 6.00. The Labute approximate surface area is 106 Å². The SMILES string of the molecule is NC1=CC2=CC=C3C=C(N)CC4=C3C2C(=C1)C=C4. The summed E-state index contributed by atoms with van der Waals surface area (Å²) in [5, 5.41) is 0. The average molecular weight is 234 g/mol. The summed E-state index contributed by atoms with van der Waals surface area (Å²) in [5.74, 6) is 0.363. The maximum atomic E-state index is 6.00. The Kier molecular flexibility index (Phi) is 1.72. The average Bonchev–Trinajstić information content (AvgIpc) is 2.34. The Hall–Kier alpha value is -2.22. The lowest BCUT2D eigenvalue weighted by atomic mass is 9.68. The Morgan fingerprint density at radius 1 is 0.944 bits per heavy atom. The summed E-state index contributed by atoms with van der Waals surface area (Å²) in [4.78, 5) is 0. The van der Waals surface area contributed by atoms with Crippen molar-refractivity contribution in [3.8, 4) is 0 Å². The van der Waals surface area contributed by atoms with Gasteiger partial charge in [0, 0.05) is 23.7 Å². The molecule has 0 aromatic carbocycles. The summed E-state index contributed by atoms with van der Waals surface area (Å²) in [7, 11) is 0. The third-order valence-electron chi connectivity index (χ3n) is 3.95. The maximum Gasteiger partial charge on any atom is 0.0350 e. The van der Waals surface area contributed by atoms with Crippen molar-refractivity contribution >= 4 is 0 Å². The first-order valence-corrected chi connectivity index (χ1v) is 6.20. The van der Waals surface area contributed by atoms with E-state index in [1.54, 1.807) is 0 Å². The summed E-state index contributed by atoms with van der Waals surface area (Å²) in [6, 6.07) is 0. The van der Waals surface area contributed by atoms with Crippen LogP contribution in [0, 0.1) is 5.92 Å². The quantitative estimate of drug-likeness (QED) is 0.676. The highest BCUT2D eigenvalue weighted by Crippen LogP contribution is 2.47. The van der Waals surface area contributed by atoms with Gasteiger partial charge in [-0.25, -0.2) is 0 Å². The van der Waals surface area contributed by atoms with Crippen LogP contribution < -0.4 is 11.5 Å². The van der Waals surface area contributed by atoms with Crippen LogP contribution in [0.4, 0.5) is 0 Å². The van der Waals surface area contributed by atoms with Gasteiger partial charge in [-0.1, -0.05) is 24.3 Å². The normalized spacial score (nSPS) is 27.8. The van der Waals surface area contributed by atoms with Gasteiger partial charge in [0.25, 0.3) is 0 Å². The first kappa shape index (κ1) is 9.77. The van der Waals surface area contributed by atoms with Gasteiger partial charge >= 0.3 is 0 Å². The molecule has 1 unspecified atom stereocenters. The van der Waals surface area contributed by atoms with E-state index in [9.17, 15) is 0 Å². The fourth-order valence-corrected chi connectivity index (χ4v) is 3.26. The lowest BCUT2D eigenvalue weighted by molar-refractivity contribution is 0.820. The van der Waals surface area contributed by atoms with E-state index in [0.29, 0.717) is 5.92 Å². The topological polar surface area (TPSA) is 52.0 Å². The molecule has 2 nitrogen and oxygen atoms in total. The molecule has 0 saturated carbocycles. The molecular formula is C16H14N2.